The SMILES string of the molecule is CCC(=O)N1CSC[C@H]1C(=O)NCC12CC3CC(CC(C3)C1)C2. The maximum absolute atomic E-state index is 12.7. The van der Waals surface area contributed by atoms with E-state index in [4.69, 9.17) is 0 Å². The Kier molecular flexibility index (Phi) is 4.11. The summed E-state index contributed by atoms with van der Waals surface area (Å²) >= 11 is 1.69. The molecule has 1 heterocycles. The van der Waals surface area contributed by atoms with Crippen LogP contribution in [0.1, 0.15) is 51.9 Å². The summed E-state index contributed by atoms with van der Waals surface area (Å²) in [7, 11) is 0. The van der Waals surface area contributed by atoms with Crippen molar-refractivity contribution in [3.63, 3.8) is 0 Å². The lowest BCUT2D eigenvalue weighted by atomic mass is 9.49. The van der Waals surface area contributed by atoms with E-state index in [1.165, 1.54) is 38.5 Å². The Balaban J connectivity index is 1.37. The summed E-state index contributed by atoms with van der Waals surface area (Å²) in [5, 5.41) is 3.24. The summed E-state index contributed by atoms with van der Waals surface area (Å²) in [6.07, 6.45) is 8.74. The zero-order valence-electron chi connectivity index (χ0n) is 14.1. The minimum Gasteiger partial charge on any atom is -0.354 e. The Morgan fingerprint density at radius 2 is 1.74 bits per heavy atom. The maximum atomic E-state index is 12.7. The molecule has 4 aliphatic carbocycles. The van der Waals surface area contributed by atoms with Crippen molar-refractivity contribution in [2.45, 2.75) is 57.9 Å². The van der Waals surface area contributed by atoms with Gasteiger partial charge in [0.15, 0.2) is 0 Å². The van der Waals surface area contributed by atoms with E-state index in [-0.39, 0.29) is 17.9 Å². The van der Waals surface area contributed by atoms with Gasteiger partial charge in [-0.3, -0.25) is 9.59 Å². The Morgan fingerprint density at radius 1 is 1.13 bits per heavy atom. The molecule has 1 N–H and O–H groups in total. The third-order valence-electron chi connectivity index (χ3n) is 6.61. The zero-order valence-corrected chi connectivity index (χ0v) is 14.9. The predicted octanol–water partition coefficient (Wildman–Crippen LogP) is 2.63. The lowest BCUT2D eigenvalue weighted by Crippen LogP contribution is -2.54. The van der Waals surface area contributed by atoms with Crippen LogP contribution in [-0.4, -0.2) is 40.9 Å². The number of amides is 2. The van der Waals surface area contributed by atoms with Gasteiger partial charge in [0.1, 0.15) is 6.04 Å². The van der Waals surface area contributed by atoms with Crippen molar-refractivity contribution in [1.29, 1.82) is 0 Å². The quantitative estimate of drug-likeness (QED) is 0.858. The van der Waals surface area contributed by atoms with Crippen LogP contribution in [0.15, 0.2) is 0 Å². The van der Waals surface area contributed by atoms with Gasteiger partial charge in [-0.2, -0.15) is 0 Å². The van der Waals surface area contributed by atoms with Crippen LogP contribution < -0.4 is 5.32 Å². The number of nitrogens with zero attached hydrogens (tertiary/aromatic N) is 1. The Hall–Kier alpha value is -0.710. The Morgan fingerprint density at radius 3 is 2.30 bits per heavy atom. The van der Waals surface area contributed by atoms with Crippen LogP contribution in [0.25, 0.3) is 0 Å². The summed E-state index contributed by atoms with van der Waals surface area (Å²) in [6, 6.07) is -0.249. The first kappa shape index (κ1) is 15.8. The Labute approximate surface area is 143 Å². The van der Waals surface area contributed by atoms with Crippen LogP contribution in [0.5, 0.6) is 0 Å². The highest BCUT2D eigenvalue weighted by molar-refractivity contribution is 7.99. The molecule has 23 heavy (non-hydrogen) atoms. The largest absolute Gasteiger partial charge is 0.354 e. The first-order valence-corrected chi connectivity index (χ1v) is 10.4. The Bertz CT molecular complexity index is 472. The summed E-state index contributed by atoms with van der Waals surface area (Å²) in [5.74, 6) is 4.34. The molecule has 1 aliphatic heterocycles. The second kappa shape index (κ2) is 5.98. The van der Waals surface area contributed by atoms with E-state index in [0.29, 0.717) is 17.7 Å². The average Bonchev–Trinajstić information content (AvgIpc) is 3.00. The molecule has 5 aliphatic rings. The molecule has 5 fully saturated rings. The molecule has 5 heteroatoms. The number of carbonyl (C=O) groups excluding carboxylic acids is 2. The van der Waals surface area contributed by atoms with E-state index in [9.17, 15) is 9.59 Å². The number of rotatable bonds is 4. The van der Waals surface area contributed by atoms with E-state index in [1.54, 1.807) is 16.7 Å². The van der Waals surface area contributed by atoms with Crippen molar-refractivity contribution in [1.82, 2.24) is 10.2 Å². The minimum atomic E-state index is -0.249. The predicted molar refractivity (Wildman–Crippen MR) is 91.9 cm³/mol. The molecule has 0 aromatic rings. The van der Waals surface area contributed by atoms with Crippen molar-refractivity contribution in [2.75, 3.05) is 18.2 Å². The van der Waals surface area contributed by atoms with Gasteiger partial charge in [0, 0.05) is 18.7 Å². The zero-order chi connectivity index (χ0) is 16.0. The fourth-order valence-electron chi connectivity index (χ4n) is 6.01. The second-order valence-corrected chi connectivity index (χ2v) is 9.37. The van der Waals surface area contributed by atoms with Gasteiger partial charge in [-0.1, -0.05) is 6.92 Å². The second-order valence-electron chi connectivity index (χ2n) is 8.37. The van der Waals surface area contributed by atoms with Crippen molar-refractivity contribution in [2.24, 2.45) is 23.2 Å². The van der Waals surface area contributed by atoms with Gasteiger partial charge >= 0.3 is 0 Å². The number of carbonyl (C=O) groups is 2. The van der Waals surface area contributed by atoms with E-state index in [0.717, 1.165) is 30.1 Å². The molecule has 0 aromatic carbocycles. The van der Waals surface area contributed by atoms with E-state index >= 15 is 0 Å². The van der Waals surface area contributed by atoms with Crippen molar-refractivity contribution in [3.05, 3.63) is 0 Å². The summed E-state index contributed by atoms with van der Waals surface area (Å²) < 4.78 is 0. The highest BCUT2D eigenvalue weighted by atomic mass is 32.2. The van der Waals surface area contributed by atoms with Crippen LogP contribution >= 0.6 is 11.8 Å². The topological polar surface area (TPSA) is 49.4 Å². The third-order valence-corrected chi connectivity index (χ3v) is 7.62. The molecule has 1 saturated heterocycles. The van der Waals surface area contributed by atoms with Crippen LogP contribution in [-0.2, 0) is 9.59 Å². The normalized spacial score (nSPS) is 41.3. The molecule has 0 aromatic heterocycles. The minimum absolute atomic E-state index is 0.0764. The molecule has 4 nitrogen and oxygen atoms in total. The fraction of sp³-hybridized carbons (Fsp3) is 0.889. The summed E-state index contributed by atoms with van der Waals surface area (Å²) in [4.78, 5) is 26.4. The molecular weight excluding hydrogens is 308 g/mol. The van der Waals surface area contributed by atoms with Gasteiger partial charge in [0.25, 0.3) is 0 Å². The van der Waals surface area contributed by atoms with Crippen LogP contribution in [0, 0.1) is 23.2 Å². The lowest BCUT2D eigenvalue weighted by Gasteiger charge is -2.57. The van der Waals surface area contributed by atoms with Gasteiger partial charge < -0.3 is 10.2 Å². The van der Waals surface area contributed by atoms with E-state index in [1.807, 2.05) is 6.92 Å². The van der Waals surface area contributed by atoms with Gasteiger partial charge in [0.05, 0.1) is 5.88 Å². The maximum Gasteiger partial charge on any atom is 0.243 e. The molecule has 0 radical (unpaired) electrons. The first-order valence-electron chi connectivity index (χ1n) is 9.23. The van der Waals surface area contributed by atoms with E-state index in [2.05, 4.69) is 5.32 Å². The van der Waals surface area contributed by atoms with Crippen molar-refractivity contribution < 1.29 is 9.59 Å². The average molecular weight is 337 g/mol. The fourth-order valence-corrected chi connectivity index (χ4v) is 7.19. The van der Waals surface area contributed by atoms with E-state index < -0.39 is 0 Å². The molecule has 128 valence electrons. The molecular formula is C18H28N2O2S. The lowest BCUT2D eigenvalue weighted by molar-refractivity contribution is -0.138. The smallest absolute Gasteiger partial charge is 0.243 e. The van der Waals surface area contributed by atoms with Gasteiger partial charge in [-0.25, -0.2) is 0 Å². The number of hydrogen-bond acceptors (Lipinski definition) is 3. The molecule has 4 bridgehead atoms. The molecule has 1 atom stereocenters. The number of hydrogen-bond donors (Lipinski definition) is 1. The van der Waals surface area contributed by atoms with Gasteiger partial charge in [0.2, 0.25) is 11.8 Å². The molecule has 0 spiro atoms. The molecule has 0 unspecified atom stereocenters. The van der Waals surface area contributed by atoms with Crippen LogP contribution in [0.2, 0.25) is 0 Å². The highest BCUT2D eigenvalue weighted by Gasteiger charge is 2.51. The first-order chi connectivity index (χ1) is 11.1. The van der Waals surface area contributed by atoms with Crippen LogP contribution in [0.3, 0.4) is 0 Å². The monoisotopic (exact) mass is 336 g/mol. The van der Waals surface area contributed by atoms with Crippen LogP contribution in [0.4, 0.5) is 0 Å². The number of nitrogens with one attached hydrogen (secondary N) is 1. The molecule has 4 saturated carbocycles. The number of thioether (sulfide) groups is 1. The summed E-state index contributed by atoms with van der Waals surface area (Å²) in [6.45, 7) is 2.71. The van der Waals surface area contributed by atoms with Crippen molar-refractivity contribution in [3.8, 4) is 0 Å². The summed E-state index contributed by atoms with van der Waals surface area (Å²) in [5.41, 5.74) is 0.371. The van der Waals surface area contributed by atoms with Gasteiger partial charge in [-0.15, -0.1) is 11.8 Å². The highest BCUT2D eigenvalue weighted by Crippen LogP contribution is 2.59. The standard InChI is InChI=1S/C18H28N2O2S/c1-2-16(21)20-11-23-9-15(20)17(22)19-10-18-6-12-3-13(7-18)5-14(4-12)8-18/h12-15H,2-11H2,1H3,(H,19,22)/t12?,13?,14?,15-,18?/m0/s1. The van der Waals surface area contributed by atoms with Gasteiger partial charge in [-0.05, 0) is 61.7 Å². The van der Waals surface area contributed by atoms with Crippen molar-refractivity contribution >= 4 is 23.6 Å². The molecule has 2 amide bonds. The third kappa shape index (κ3) is 2.90. The molecule has 5 rings (SSSR count).